The Hall–Kier alpha value is -2.96. The van der Waals surface area contributed by atoms with Crippen LogP contribution in [0.25, 0.3) is 0 Å². The molecule has 2 fully saturated rings. The van der Waals surface area contributed by atoms with E-state index in [9.17, 15) is 0 Å². The largest absolute Gasteiger partial charge is 0.491 e. The Morgan fingerprint density at radius 2 is 1.93 bits per heavy atom. The summed E-state index contributed by atoms with van der Waals surface area (Å²) in [5.41, 5.74) is 1.86. The maximum Gasteiger partial charge on any atom is 0.217 e. The van der Waals surface area contributed by atoms with E-state index in [0.29, 0.717) is 28.8 Å². The van der Waals surface area contributed by atoms with E-state index in [4.69, 9.17) is 37.4 Å². The van der Waals surface area contributed by atoms with Gasteiger partial charge in [0.1, 0.15) is 37.7 Å². The molecule has 0 radical (unpaired) electrons. The van der Waals surface area contributed by atoms with Crippen LogP contribution in [-0.2, 0) is 21.8 Å². The van der Waals surface area contributed by atoms with Gasteiger partial charge < -0.3 is 24.1 Å². The highest BCUT2D eigenvalue weighted by Crippen LogP contribution is 2.40. The summed E-state index contributed by atoms with van der Waals surface area (Å²) in [4.78, 5) is 10.9. The Morgan fingerprint density at radius 3 is 2.66 bits per heavy atom. The highest BCUT2D eigenvalue weighted by molar-refractivity contribution is 7.99. The average molecular weight is 617 g/mol. The number of hydrogen-bond acceptors (Lipinski definition) is 9. The number of hydrogen-bond donors (Lipinski definition) is 0. The molecule has 2 aromatic carbocycles. The summed E-state index contributed by atoms with van der Waals surface area (Å²) in [5.74, 6) is 0.641. The fraction of sp³-hybridized carbons (Fsp3) is 0.393. The molecule has 2 unspecified atom stereocenters. The third-order valence-electron chi connectivity index (χ3n) is 7.10. The van der Waals surface area contributed by atoms with Crippen LogP contribution in [0.3, 0.4) is 0 Å². The van der Waals surface area contributed by atoms with Gasteiger partial charge in [0, 0.05) is 41.8 Å². The van der Waals surface area contributed by atoms with E-state index in [1.165, 1.54) is 12.0 Å². The minimum Gasteiger partial charge on any atom is -0.491 e. The molecule has 2 atom stereocenters. The van der Waals surface area contributed by atoms with Gasteiger partial charge >= 0.3 is 0 Å². The van der Waals surface area contributed by atoms with Crippen LogP contribution in [0, 0.1) is 0 Å². The summed E-state index contributed by atoms with van der Waals surface area (Å²) in [5, 5.41) is 8.62. The molecule has 2 aromatic heterocycles. The molecule has 0 bridgehead atoms. The van der Waals surface area contributed by atoms with Crippen molar-refractivity contribution in [1.29, 1.82) is 0 Å². The first-order valence-corrected chi connectivity index (χ1v) is 15.3. The van der Waals surface area contributed by atoms with Crippen molar-refractivity contribution in [2.75, 3.05) is 55.1 Å². The van der Waals surface area contributed by atoms with Gasteiger partial charge in [-0.05, 0) is 42.2 Å². The molecular formula is C28H31Cl2N7O3S. The van der Waals surface area contributed by atoms with Crippen LogP contribution >= 0.6 is 35.0 Å². The van der Waals surface area contributed by atoms with Crippen LogP contribution in [0.5, 0.6) is 5.75 Å². The monoisotopic (exact) mass is 615 g/mol. The van der Waals surface area contributed by atoms with Gasteiger partial charge in [0.15, 0.2) is 5.16 Å². The van der Waals surface area contributed by atoms with Gasteiger partial charge in [-0.15, -0.1) is 0 Å². The summed E-state index contributed by atoms with van der Waals surface area (Å²) in [6, 6.07) is 13.5. The van der Waals surface area contributed by atoms with Crippen molar-refractivity contribution in [1.82, 2.24) is 24.4 Å². The van der Waals surface area contributed by atoms with Gasteiger partial charge in [-0.1, -0.05) is 48.0 Å². The number of aromatic nitrogens is 5. The Bertz CT molecular complexity index is 1430. The summed E-state index contributed by atoms with van der Waals surface area (Å²) in [6.07, 6.45) is 6.69. The second kappa shape index (κ2) is 12.5. The van der Waals surface area contributed by atoms with Crippen molar-refractivity contribution in [3.63, 3.8) is 0 Å². The van der Waals surface area contributed by atoms with Crippen LogP contribution in [0.2, 0.25) is 10.0 Å². The minimum absolute atomic E-state index is 0.284. The Balaban J connectivity index is 1.05. The lowest BCUT2D eigenvalue weighted by atomic mass is 10.1. The maximum absolute atomic E-state index is 6.56. The first kappa shape index (κ1) is 28.2. The normalized spacial score (nSPS) is 21.0. The van der Waals surface area contributed by atoms with Gasteiger partial charge in [0.25, 0.3) is 0 Å². The number of piperazine rings is 1. The standard InChI is InChI=1S/C28H31Cl2N7O3S/c1-2-41-27-32-9-10-37(27)36-13-11-34(12-14-36)22-4-6-23(7-5-22)38-16-24-17-39-28(40-24,18-35-20-31-19-33-35)25-8-3-21(29)15-26(25)30/h3-10,15,19-20,24H,2,11-14,16-18H2,1H3. The molecule has 41 heavy (non-hydrogen) atoms. The molecule has 2 saturated heterocycles. The van der Waals surface area contributed by atoms with Crippen LogP contribution in [-0.4, -0.2) is 75.7 Å². The highest BCUT2D eigenvalue weighted by Gasteiger charge is 2.45. The van der Waals surface area contributed by atoms with E-state index in [2.05, 4.69) is 48.7 Å². The fourth-order valence-corrected chi connectivity index (χ4v) is 6.38. The zero-order chi connectivity index (χ0) is 28.2. The molecule has 0 saturated carbocycles. The quantitative estimate of drug-likeness (QED) is 0.236. The first-order chi connectivity index (χ1) is 20.0. The summed E-state index contributed by atoms with van der Waals surface area (Å²) in [6.45, 7) is 6.82. The number of benzene rings is 2. The predicted octanol–water partition coefficient (Wildman–Crippen LogP) is 4.70. The number of anilines is 1. The molecule has 0 amide bonds. The molecule has 4 heterocycles. The van der Waals surface area contributed by atoms with Gasteiger partial charge in [-0.2, -0.15) is 5.10 Å². The van der Waals surface area contributed by atoms with Crippen LogP contribution < -0.4 is 14.6 Å². The van der Waals surface area contributed by atoms with Crippen molar-refractivity contribution in [2.24, 2.45) is 0 Å². The van der Waals surface area contributed by atoms with Crippen molar-refractivity contribution < 1.29 is 14.2 Å². The number of thioether (sulfide) groups is 1. The third-order valence-corrected chi connectivity index (χ3v) is 8.49. The highest BCUT2D eigenvalue weighted by atomic mass is 35.5. The number of nitrogens with zero attached hydrogens (tertiary/aromatic N) is 7. The Kier molecular flexibility index (Phi) is 8.59. The molecule has 0 N–H and O–H groups in total. The summed E-state index contributed by atoms with van der Waals surface area (Å²) < 4.78 is 22.6. The lowest BCUT2D eigenvalue weighted by Crippen LogP contribution is -2.51. The van der Waals surface area contributed by atoms with Crippen molar-refractivity contribution in [2.45, 2.75) is 30.5 Å². The average Bonchev–Trinajstić information content (AvgIpc) is 3.75. The Morgan fingerprint density at radius 1 is 1.10 bits per heavy atom. The smallest absolute Gasteiger partial charge is 0.217 e. The van der Waals surface area contributed by atoms with Crippen LogP contribution in [0.1, 0.15) is 12.5 Å². The number of imidazole rings is 1. The predicted molar refractivity (Wildman–Crippen MR) is 160 cm³/mol. The molecule has 6 rings (SSSR count). The molecule has 0 aliphatic carbocycles. The molecule has 2 aliphatic rings. The molecular weight excluding hydrogens is 585 g/mol. The van der Waals surface area contributed by atoms with E-state index >= 15 is 0 Å². The lowest BCUT2D eigenvalue weighted by molar-refractivity contribution is -0.190. The van der Waals surface area contributed by atoms with Gasteiger partial charge in [-0.3, -0.25) is 0 Å². The lowest BCUT2D eigenvalue weighted by Gasteiger charge is -2.38. The maximum atomic E-state index is 6.56. The van der Waals surface area contributed by atoms with E-state index in [1.54, 1.807) is 34.9 Å². The summed E-state index contributed by atoms with van der Waals surface area (Å²) >= 11 is 14.5. The second-order valence-corrected chi connectivity index (χ2v) is 11.8. The Labute approximate surface area is 253 Å². The summed E-state index contributed by atoms with van der Waals surface area (Å²) in [7, 11) is 0. The third kappa shape index (κ3) is 6.29. The minimum atomic E-state index is -1.14. The van der Waals surface area contributed by atoms with E-state index in [-0.39, 0.29) is 12.6 Å². The molecule has 13 heteroatoms. The van der Waals surface area contributed by atoms with E-state index in [1.807, 2.05) is 30.6 Å². The first-order valence-electron chi connectivity index (χ1n) is 13.5. The van der Waals surface area contributed by atoms with Crippen LogP contribution in [0.4, 0.5) is 5.69 Å². The molecule has 4 aromatic rings. The van der Waals surface area contributed by atoms with Crippen LogP contribution in [0.15, 0.2) is 72.7 Å². The molecule has 2 aliphatic heterocycles. The van der Waals surface area contributed by atoms with Crippen molar-refractivity contribution in [3.05, 3.63) is 83.1 Å². The molecule has 10 nitrogen and oxygen atoms in total. The topological polar surface area (TPSA) is 82.7 Å². The number of ether oxygens (including phenoxy) is 3. The van der Waals surface area contributed by atoms with Gasteiger partial charge in [0.05, 0.1) is 24.7 Å². The zero-order valence-corrected chi connectivity index (χ0v) is 24.9. The fourth-order valence-electron chi connectivity index (χ4n) is 5.13. The zero-order valence-electron chi connectivity index (χ0n) is 22.6. The van der Waals surface area contributed by atoms with Gasteiger partial charge in [0.2, 0.25) is 5.79 Å². The number of rotatable bonds is 10. The van der Waals surface area contributed by atoms with E-state index in [0.717, 1.165) is 42.8 Å². The SMILES string of the molecule is CCSc1nccn1N1CCN(c2ccc(OCC3COC(Cn4cncn4)(c4ccc(Cl)cc4Cl)O3)cc2)CC1. The number of halogens is 2. The van der Waals surface area contributed by atoms with Gasteiger partial charge in [-0.25, -0.2) is 19.3 Å². The molecule has 216 valence electrons. The van der Waals surface area contributed by atoms with Crippen molar-refractivity contribution in [3.8, 4) is 5.75 Å². The van der Waals surface area contributed by atoms with E-state index < -0.39 is 5.79 Å². The van der Waals surface area contributed by atoms with Crippen molar-refractivity contribution >= 4 is 40.7 Å². The molecule has 0 spiro atoms. The second-order valence-electron chi connectivity index (χ2n) is 9.75.